The summed E-state index contributed by atoms with van der Waals surface area (Å²) >= 11 is 0. The molecule has 0 fully saturated rings. The van der Waals surface area contributed by atoms with Gasteiger partial charge in [0.2, 0.25) is 0 Å². The largest absolute Gasteiger partial charge is 0.481 e. The average molecular weight is 637 g/mol. The highest BCUT2D eigenvalue weighted by molar-refractivity contribution is 5.69. The Morgan fingerprint density at radius 3 is 0.889 bits per heavy atom. The number of carbonyl (C=O) groups excluding carboxylic acids is 1. The lowest BCUT2D eigenvalue weighted by atomic mass is 10.0. The van der Waals surface area contributed by atoms with Gasteiger partial charge in [0.05, 0.1) is 6.61 Å². The molecule has 0 heterocycles. The van der Waals surface area contributed by atoms with E-state index in [9.17, 15) is 9.59 Å². The Morgan fingerprint density at radius 2 is 0.600 bits per heavy atom. The Kier molecular flexibility index (Phi) is 38.2. The highest BCUT2D eigenvalue weighted by Gasteiger charge is 2.03. The Balaban J connectivity index is 3.13. The zero-order valence-electron chi connectivity index (χ0n) is 30.5. The molecule has 0 radical (unpaired) electrons. The molecule has 0 aliphatic rings. The molecule has 0 rings (SSSR count). The summed E-state index contributed by atoms with van der Waals surface area (Å²) in [6.45, 7) is 2.90. The van der Waals surface area contributed by atoms with Crippen LogP contribution in [0, 0.1) is 0 Å². The molecule has 0 unspecified atom stereocenters. The molecular formula is C41H80O4. The maximum absolute atomic E-state index is 11.9. The number of esters is 1. The third kappa shape index (κ3) is 40.9. The monoisotopic (exact) mass is 637 g/mol. The zero-order chi connectivity index (χ0) is 32.7. The molecule has 0 amide bonds. The molecule has 0 aromatic carbocycles. The van der Waals surface area contributed by atoms with Crippen LogP contribution in [-0.2, 0) is 14.3 Å². The van der Waals surface area contributed by atoms with Crippen LogP contribution in [0.1, 0.15) is 244 Å². The highest BCUT2D eigenvalue weighted by atomic mass is 16.5. The Labute approximate surface area is 282 Å². The lowest BCUT2D eigenvalue weighted by Gasteiger charge is -2.06. The van der Waals surface area contributed by atoms with Gasteiger partial charge >= 0.3 is 11.9 Å². The molecule has 4 heteroatoms. The number of hydrogen-bond acceptors (Lipinski definition) is 3. The first-order valence-corrected chi connectivity index (χ1v) is 20.5. The summed E-state index contributed by atoms with van der Waals surface area (Å²) in [7, 11) is 0. The molecule has 0 saturated carbocycles. The van der Waals surface area contributed by atoms with Crippen LogP contribution in [0.2, 0.25) is 0 Å². The molecule has 268 valence electrons. The quantitative estimate of drug-likeness (QED) is 0.0538. The van der Waals surface area contributed by atoms with Crippen molar-refractivity contribution in [3.63, 3.8) is 0 Å². The van der Waals surface area contributed by atoms with E-state index in [4.69, 9.17) is 9.84 Å². The second kappa shape index (κ2) is 39.1. The Bertz CT molecular complexity index is 590. The standard InChI is InChI=1S/C41H80O4/c1-2-3-4-5-6-7-24-27-30-33-36-39-45-41(44)38-35-32-29-26-23-21-19-17-15-13-11-9-8-10-12-14-16-18-20-22-25-28-31-34-37-40(42)43/h2-39H2,1H3,(H,42,43). The molecule has 0 spiro atoms. The van der Waals surface area contributed by atoms with Crippen LogP contribution < -0.4 is 0 Å². The fourth-order valence-corrected chi connectivity index (χ4v) is 6.46. The summed E-state index contributed by atoms with van der Waals surface area (Å²) in [5, 5.41) is 8.64. The minimum Gasteiger partial charge on any atom is -0.481 e. The molecule has 0 aliphatic heterocycles. The first-order valence-electron chi connectivity index (χ1n) is 20.5. The van der Waals surface area contributed by atoms with Crippen molar-refractivity contribution in [1.29, 1.82) is 0 Å². The number of hydrogen-bond donors (Lipinski definition) is 1. The van der Waals surface area contributed by atoms with E-state index in [0.717, 1.165) is 25.7 Å². The molecule has 4 nitrogen and oxygen atoms in total. The van der Waals surface area contributed by atoms with Gasteiger partial charge < -0.3 is 9.84 Å². The van der Waals surface area contributed by atoms with E-state index in [-0.39, 0.29) is 5.97 Å². The maximum Gasteiger partial charge on any atom is 0.305 e. The minimum absolute atomic E-state index is 0.0178. The summed E-state index contributed by atoms with van der Waals surface area (Å²) < 4.78 is 5.43. The molecule has 45 heavy (non-hydrogen) atoms. The number of aliphatic carboxylic acids is 1. The Hall–Kier alpha value is -1.06. The van der Waals surface area contributed by atoms with Crippen molar-refractivity contribution < 1.29 is 19.4 Å². The summed E-state index contributed by atoms with van der Waals surface area (Å²) in [6.07, 6.45) is 47.1. The van der Waals surface area contributed by atoms with Gasteiger partial charge in [0.1, 0.15) is 0 Å². The van der Waals surface area contributed by atoms with Gasteiger partial charge in [-0.1, -0.05) is 212 Å². The fraction of sp³-hybridized carbons (Fsp3) is 0.951. The predicted octanol–water partition coefficient (Wildman–Crippen LogP) is 14.1. The topological polar surface area (TPSA) is 63.6 Å². The van der Waals surface area contributed by atoms with Gasteiger partial charge in [-0.15, -0.1) is 0 Å². The van der Waals surface area contributed by atoms with E-state index in [1.54, 1.807) is 0 Å². The fourth-order valence-electron chi connectivity index (χ4n) is 6.46. The SMILES string of the molecule is CCCCCCCCCCCCCOC(=O)CCCCCCCCCCCCCCCCCCCCCCCCCCC(=O)O. The summed E-state index contributed by atoms with van der Waals surface area (Å²) in [5.41, 5.74) is 0. The van der Waals surface area contributed by atoms with Gasteiger partial charge in [0, 0.05) is 12.8 Å². The summed E-state index contributed by atoms with van der Waals surface area (Å²) in [4.78, 5) is 22.4. The van der Waals surface area contributed by atoms with E-state index in [1.165, 1.54) is 199 Å². The van der Waals surface area contributed by atoms with E-state index in [0.29, 0.717) is 19.4 Å². The molecule has 0 aliphatic carbocycles. The van der Waals surface area contributed by atoms with Crippen LogP contribution in [0.4, 0.5) is 0 Å². The van der Waals surface area contributed by atoms with Crippen molar-refractivity contribution in [2.24, 2.45) is 0 Å². The van der Waals surface area contributed by atoms with Crippen LogP contribution >= 0.6 is 0 Å². The summed E-state index contributed by atoms with van der Waals surface area (Å²) in [5.74, 6) is -0.638. The van der Waals surface area contributed by atoms with Crippen molar-refractivity contribution >= 4 is 11.9 Å². The number of ether oxygens (including phenoxy) is 1. The first-order chi connectivity index (χ1) is 22.2. The van der Waals surface area contributed by atoms with Crippen LogP contribution in [-0.4, -0.2) is 23.7 Å². The van der Waals surface area contributed by atoms with Gasteiger partial charge in [0.25, 0.3) is 0 Å². The number of carboxylic acid groups (broad SMARTS) is 1. The number of carboxylic acids is 1. The van der Waals surface area contributed by atoms with Crippen molar-refractivity contribution in [2.45, 2.75) is 244 Å². The predicted molar refractivity (Wildman–Crippen MR) is 195 cm³/mol. The van der Waals surface area contributed by atoms with Gasteiger partial charge in [0.15, 0.2) is 0 Å². The number of carbonyl (C=O) groups is 2. The molecule has 1 N–H and O–H groups in total. The van der Waals surface area contributed by atoms with Crippen molar-refractivity contribution in [1.82, 2.24) is 0 Å². The van der Waals surface area contributed by atoms with Crippen molar-refractivity contribution in [3.8, 4) is 0 Å². The highest BCUT2D eigenvalue weighted by Crippen LogP contribution is 2.16. The van der Waals surface area contributed by atoms with E-state index >= 15 is 0 Å². The lowest BCUT2D eigenvalue weighted by molar-refractivity contribution is -0.144. The number of unbranched alkanes of at least 4 members (excludes halogenated alkanes) is 33. The van der Waals surface area contributed by atoms with Crippen molar-refractivity contribution in [3.05, 3.63) is 0 Å². The van der Waals surface area contributed by atoms with E-state index in [1.807, 2.05) is 0 Å². The first kappa shape index (κ1) is 43.9. The smallest absolute Gasteiger partial charge is 0.305 e. The van der Waals surface area contributed by atoms with Crippen LogP contribution in [0.5, 0.6) is 0 Å². The zero-order valence-corrected chi connectivity index (χ0v) is 30.5. The average Bonchev–Trinajstić information content (AvgIpc) is 3.03. The third-order valence-corrected chi connectivity index (χ3v) is 9.53. The summed E-state index contributed by atoms with van der Waals surface area (Å²) in [6, 6.07) is 0. The molecule has 0 saturated heterocycles. The van der Waals surface area contributed by atoms with Crippen LogP contribution in [0.3, 0.4) is 0 Å². The third-order valence-electron chi connectivity index (χ3n) is 9.53. The molecule has 0 aromatic rings. The van der Waals surface area contributed by atoms with Crippen LogP contribution in [0.25, 0.3) is 0 Å². The Morgan fingerprint density at radius 1 is 0.356 bits per heavy atom. The second-order valence-electron chi connectivity index (χ2n) is 14.1. The van der Waals surface area contributed by atoms with Crippen molar-refractivity contribution in [2.75, 3.05) is 6.61 Å². The van der Waals surface area contributed by atoms with Gasteiger partial charge in [-0.3, -0.25) is 9.59 Å². The maximum atomic E-state index is 11.9. The van der Waals surface area contributed by atoms with Gasteiger partial charge in [-0.05, 0) is 19.3 Å². The van der Waals surface area contributed by atoms with Gasteiger partial charge in [-0.2, -0.15) is 0 Å². The molecule has 0 aromatic heterocycles. The molecule has 0 atom stereocenters. The van der Waals surface area contributed by atoms with E-state index in [2.05, 4.69) is 6.92 Å². The molecule has 0 bridgehead atoms. The second-order valence-corrected chi connectivity index (χ2v) is 14.1. The van der Waals surface area contributed by atoms with E-state index < -0.39 is 5.97 Å². The normalized spacial score (nSPS) is 11.3. The van der Waals surface area contributed by atoms with Crippen LogP contribution in [0.15, 0.2) is 0 Å². The number of rotatable bonds is 39. The lowest BCUT2D eigenvalue weighted by Crippen LogP contribution is -2.05. The van der Waals surface area contributed by atoms with Gasteiger partial charge in [-0.25, -0.2) is 0 Å². The molecular weight excluding hydrogens is 556 g/mol. The minimum atomic E-state index is -0.656.